The summed E-state index contributed by atoms with van der Waals surface area (Å²) in [5.41, 5.74) is -1.73. The normalized spacial score (nSPS) is 21.7. The van der Waals surface area contributed by atoms with Crippen molar-refractivity contribution in [2.24, 2.45) is 17.8 Å². The average Bonchev–Trinajstić information content (AvgIpc) is 3.81. The van der Waals surface area contributed by atoms with Gasteiger partial charge in [0, 0.05) is 12.3 Å². The molecular weight excluding hydrogens is 785 g/mol. The van der Waals surface area contributed by atoms with E-state index in [1.54, 1.807) is 46.8 Å². The van der Waals surface area contributed by atoms with E-state index in [1.807, 2.05) is 19.6 Å². The Morgan fingerprint density at radius 3 is 2.39 bits per heavy atom. The van der Waals surface area contributed by atoms with Crippen molar-refractivity contribution < 1.29 is 51.4 Å². The number of hydrogen-bond acceptors (Lipinski definition) is 15. The lowest BCUT2D eigenvalue weighted by atomic mass is 9.81. The first-order chi connectivity index (χ1) is 27.7. The molecule has 18 nitrogen and oxygen atoms in total. The highest BCUT2D eigenvalue weighted by Gasteiger charge is 2.60. The van der Waals surface area contributed by atoms with Crippen LogP contribution in [0.4, 0.5) is 15.4 Å². The zero-order chi connectivity index (χ0) is 43.3. The summed E-state index contributed by atoms with van der Waals surface area (Å²) in [6, 6.07) is 4.63. The maximum Gasteiger partial charge on any atom is 0.519 e. The Balaban J connectivity index is 1.50. The summed E-state index contributed by atoms with van der Waals surface area (Å²) in [4.78, 5) is 68.8. The molecule has 3 heterocycles. The fraction of sp³-hybridized carbons (Fsp3) is 0.650. The number of nitrogens with one attached hydrogen (secondary N) is 2. The van der Waals surface area contributed by atoms with E-state index in [0.29, 0.717) is 11.2 Å². The Kier molecular flexibility index (Phi) is 14.0. The summed E-state index contributed by atoms with van der Waals surface area (Å²) in [6.45, 7) is 15.4. The third-order valence-corrected chi connectivity index (χ3v) is 11.3. The van der Waals surface area contributed by atoms with Gasteiger partial charge in [0.05, 0.1) is 18.4 Å². The van der Waals surface area contributed by atoms with Crippen LogP contribution in [0, 0.1) is 36.0 Å². The Morgan fingerprint density at radius 2 is 1.78 bits per heavy atom. The predicted molar refractivity (Wildman–Crippen MR) is 212 cm³/mol. The second kappa shape index (κ2) is 18.4. The molecule has 2 N–H and O–H groups in total. The molecule has 3 aromatic rings. The number of aromatic nitrogens is 3. The molecule has 19 heteroatoms. The molecule has 0 saturated heterocycles. The number of nitrogens with zero attached hydrogens (tertiary/aromatic N) is 4. The highest BCUT2D eigenvalue weighted by atomic mass is 28.4. The van der Waals surface area contributed by atoms with E-state index in [0.717, 1.165) is 32.1 Å². The van der Waals surface area contributed by atoms with Crippen LogP contribution in [0.15, 0.2) is 32.1 Å². The van der Waals surface area contributed by atoms with Crippen LogP contribution < -0.4 is 16.5 Å². The zero-order valence-electron chi connectivity index (χ0n) is 35.2. The van der Waals surface area contributed by atoms with Crippen LogP contribution >= 0.6 is 0 Å². The van der Waals surface area contributed by atoms with Gasteiger partial charge in [-0.25, -0.2) is 28.7 Å². The van der Waals surface area contributed by atoms with Crippen LogP contribution in [0.1, 0.15) is 96.8 Å². The summed E-state index contributed by atoms with van der Waals surface area (Å²) in [5.74, 6) is -2.76. The van der Waals surface area contributed by atoms with E-state index in [4.69, 9.17) is 32.2 Å². The molecule has 2 unspecified atom stereocenters. The number of ether oxygens (including phenoxy) is 4. The fourth-order valence-corrected chi connectivity index (χ4v) is 8.71. The van der Waals surface area contributed by atoms with E-state index in [-0.39, 0.29) is 55.3 Å². The van der Waals surface area contributed by atoms with Crippen molar-refractivity contribution in [1.82, 2.24) is 19.9 Å². The van der Waals surface area contributed by atoms with E-state index in [9.17, 15) is 29.2 Å². The second-order valence-electron chi connectivity index (χ2n) is 17.6. The summed E-state index contributed by atoms with van der Waals surface area (Å²) in [7, 11) is -2.57. The van der Waals surface area contributed by atoms with Crippen LogP contribution in [0.5, 0.6) is 0 Å². The first kappa shape index (κ1) is 44.9. The second-order valence-corrected chi connectivity index (χ2v) is 22.1. The van der Waals surface area contributed by atoms with Gasteiger partial charge in [-0.05, 0) is 90.6 Å². The van der Waals surface area contributed by atoms with Crippen LogP contribution in [0.2, 0.25) is 19.6 Å². The van der Waals surface area contributed by atoms with Crippen LogP contribution in [0.25, 0.3) is 5.52 Å². The SMILES string of the molecule is Cc1oc(=O)oc1COC(=O)Nc1ncnn2c([C@]3(C#N)C[C@H](COC(=O)CC4CCCCC4)[C@@H](OC(=O)C(NC(=O)OC(C)(C)C)C(C)C)C3O[Si](C)(C)C)ccc12. The van der Waals surface area contributed by atoms with Gasteiger partial charge >= 0.3 is 29.9 Å². The van der Waals surface area contributed by atoms with Gasteiger partial charge in [-0.3, -0.25) is 10.1 Å². The molecule has 322 valence electrons. The number of fused-ring (bicyclic) bond motifs is 1. The molecular formula is C40H56N6O12Si. The third-order valence-electron chi connectivity index (χ3n) is 10.3. The lowest BCUT2D eigenvalue weighted by Gasteiger charge is -2.36. The molecule has 2 aliphatic carbocycles. The number of amides is 2. The van der Waals surface area contributed by atoms with E-state index in [2.05, 4.69) is 26.8 Å². The van der Waals surface area contributed by atoms with Crippen molar-refractivity contribution >= 4 is 43.8 Å². The topological polar surface area (TPSA) is 236 Å². The van der Waals surface area contributed by atoms with Gasteiger partial charge in [0.15, 0.2) is 32.3 Å². The Hall–Kier alpha value is -5.22. The van der Waals surface area contributed by atoms with Crippen molar-refractivity contribution in [1.29, 1.82) is 5.26 Å². The summed E-state index contributed by atoms with van der Waals surface area (Å²) >= 11 is 0. The fourth-order valence-electron chi connectivity index (χ4n) is 7.61. The third kappa shape index (κ3) is 11.3. The molecule has 0 radical (unpaired) electrons. The van der Waals surface area contributed by atoms with Gasteiger partial charge in [-0.15, -0.1) is 0 Å². The molecule has 0 bridgehead atoms. The number of carbonyl (C=O) groups is 4. The van der Waals surface area contributed by atoms with Crippen molar-refractivity contribution in [3.05, 3.63) is 46.3 Å². The average molecular weight is 841 g/mol. The van der Waals surface area contributed by atoms with Crippen molar-refractivity contribution in [3.8, 4) is 6.07 Å². The number of esters is 2. The highest BCUT2D eigenvalue weighted by molar-refractivity contribution is 6.69. The maximum absolute atomic E-state index is 14.2. The zero-order valence-corrected chi connectivity index (χ0v) is 36.2. The Labute approximate surface area is 343 Å². The van der Waals surface area contributed by atoms with Crippen LogP contribution in [-0.4, -0.2) is 77.5 Å². The summed E-state index contributed by atoms with van der Waals surface area (Å²) < 4.78 is 40.9. The number of nitriles is 1. The summed E-state index contributed by atoms with van der Waals surface area (Å²) in [6.07, 6.45) is 2.70. The lowest BCUT2D eigenvalue weighted by molar-refractivity contribution is -0.162. The molecule has 0 aliphatic heterocycles. The van der Waals surface area contributed by atoms with Gasteiger partial charge < -0.3 is 37.5 Å². The van der Waals surface area contributed by atoms with Gasteiger partial charge in [0.1, 0.15) is 41.1 Å². The largest absolute Gasteiger partial charge is 0.519 e. The van der Waals surface area contributed by atoms with E-state index >= 15 is 0 Å². The predicted octanol–water partition coefficient (Wildman–Crippen LogP) is 6.31. The number of aryl methyl sites for hydroxylation is 1. The summed E-state index contributed by atoms with van der Waals surface area (Å²) in [5, 5.41) is 21.0. The molecule has 5 rings (SSSR count). The lowest BCUT2D eigenvalue weighted by Crippen LogP contribution is -2.52. The number of anilines is 1. The van der Waals surface area contributed by atoms with Crippen molar-refractivity contribution in [3.63, 3.8) is 0 Å². The number of hydrogen-bond donors (Lipinski definition) is 2. The van der Waals surface area contributed by atoms with E-state index < -0.39 is 73.4 Å². The van der Waals surface area contributed by atoms with Crippen LogP contribution in [-0.2, 0) is 45.0 Å². The van der Waals surface area contributed by atoms with Crippen molar-refractivity contribution in [2.75, 3.05) is 11.9 Å². The monoisotopic (exact) mass is 840 g/mol. The molecule has 0 spiro atoms. The molecule has 2 fully saturated rings. The van der Waals surface area contributed by atoms with Gasteiger partial charge in [0.2, 0.25) is 0 Å². The highest BCUT2D eigenvalue weighted by Crippen LogP contribution is 2.49. The molecule has 2 amide bonds. The first-order valence-corrected chi connectivity index (χ1v) is 23.4. The standard InChI is InChI=1S/C40H56N6O12Si/c1-23(2)31(44-37(50)57-39(4,5)6)35(48)56-32-26(19-52-30(47)17-25-13-11-10-12-14-25)18-40(21-41,33(32)58-59(7,8)9)29-16-15-27-34(42-22-43-46(27)29)45-36(49)53-20-28-24(3)54-38(51)55-28/h15-16,22-23,25-26,31-33H,10-14,17-20H2,1-9H3,(H,44,50)(H,42,43,45,49)/t26-,31?,32-,33?,40-/m1/s1. The first-order valence-electron chi connectivity index (χ1n) is 20.0. The van der Waals surface area contributed by atoms with Gasteiger partial charge in [-0.1, -0.05) is 33.1 Å². The van der Waals surface area contributed by atoms with Gasteiger partial charge in [-0.2, -0.15) is 10.4 Å². The molecule has 2 aliphatic rings. The van der Waals surface area contributed by atoms with Crippen LogP contribution in [0.3, 0.4) is 0 Å². The van der Waals surface area contributed by atoms with Crippen molar-refractivity contribution in [2.45, 2.75) is 142 Å². The number of carbonyl (C=O) groups excluding carboxylic acids is 4. The smallest absolute Gasteiger partial charge is 0.465 e. The molecule has 2 saturated carbocycles. The molecule has 3 aromatic heterocycles. The minimum absolute atomic E-state index is 0.0231. The minimum atomic E-state index is -2.57. The van der Waals surface area contributed by atoms with Gasteiger partial charge in [0.25, 0.3) is 0 Å². The minimum Gasteiger partial charge on any atom is -0.465 e. The van der Waals surface area contributed by atoms with E-state index in [1.165, 1.54) is 17.8 Å². The molecule has 5 atom stereocenters. The number of rotatable bonds is 14. The quantitative estimate of drug-likeness (QED) is 0.103. The number of alkyl carbamates (subject to hydrolysis) is 1. The Bertz CT molecular complexity index is 2090. The molecule has 0 aromatic carbocycles. The maximum atomic E-state index is 14.2. The molecule has 59 heavy (non-hydrogen) atoms. The Morgan fingerprint density at radius 1 is 1.07 bits per heavy atom.